The SMILES string of the molecule is CCNC(NC)(SCC)c1nnsc1SC1=C(C(=O)O)N2C(=O)[C@@H](NC(=O)/C(=N\O)c3csc(N)n3)[C@H]2SC1. The number of hydrogen-bond donors (Lipinski definition) is 6. The lowest BCUT2D eigenvalue weighted by Crippen LogP contribution is -2.71. The minimum Gasteiger partial charge on any atom is -0.477 e. The number of anilines is 1. The number of β-lactam (4-membered cyclic amide) rings is 1. The summed E-state index contributed by atoms with van der Waals surface area (Å²) >= 11 is 6.34. The van der Waals surface area contributed by atoms with Crippen LogP contribution in [0.4, 0.5) is 5.13 Å². The monoisotopic (exact) mass is 631 g/mol. The molecule has 19 heteroatoms. The van der Waals surface area contributed by atoms with Crippen LogP contribution in [0.15, 0.2) is 25.3 Å². The number of rotatable bonds is 12. The molecule has 0 aromatic carbocycles. The van der Waals surface area contributed by atoms with E-state index >= 15 is 0 Å². The van der Waals surface area contributed by atoms with Crippen molar-refractivity contribution in [2.75, 3.05) is 30.8 Å². The molecule has 0 spiro atoms. The van der Waals surface area contributed by atoms with Crippen LogP contribution in [0.2, 0.25) is 0 Å². The van der Waals surface area contributed by atoms with Crippen molar-refractivity contribution in [1.29, 1.82) is 0 Å². The van der Waals surface area contributed by atoms with E-state index in [1.54, 1.807) is 11.8 Å². The average molecular weight is 632 g/mol. The fourth-order valence-electron chi connectivity index (χ4n) is 4.01. The van der Waals surface area contributed by atoms with Crippen molar-refractivity contribution in [3.05, 3.63) is 27.4 Å². The number of carboxylic acids is 1. The van der Waals surface area contributed by atoms with Gasteiger partial charge in [0.15, 0.2) is 15.8 Å². The normalized spacial score (nSPS) is 20.8. The predicted octanol–water partition coefficient (Wildman–Crippen LogP) is 0.936. The van der Waals surface area contributed by atoms with E-state index in [2.05, 4.69) is 35.7 Å². The molecule has 1 saturated heterocycles. The second-order valence-electron chi connectivity index (χ2n) is 7.86. The van der Waals surface area contributed by atoms with Crippen molar-refractivity contribution in [3.8, 4) is 0 Å². The topological polar surface area (TPSA) is 208 Å². The van der Waals surface area contributed by atoms with E-state index in [1.807, 2.05) is 20.9 Å². The number of carbonyl (C=O) groups excluding carboxylic acids is 2. The number of hydrogen-bond acceptors (Lipinski definition) is 16. The summed E-state index contributed by atoms with van der Waals surface area (Å²) in [4.78, 5) is 43.0. The maximum Gasteiger partial charge on any atom is 0.353 e. The molecule has 2 aliphatic rings. The van der Waals surface area contributed by atoms with Crippen LogP contribution >= 0.6 is 58.2 Å². The molecule has 2 amide bonds. The molecule has 1 unspecified atom stereocenters. The maximum atomic E-state index is 13.1. The average Bonchev–Trinajstić information content (AvgIpc) is 3.56. The number of oxime groups is 1. The first-order valence-electron chi connectivity index (χ1n) is 11.4. The van der Waals surface area contributed by atoms with E-state index in [9.17, 15) is 24.7 Å². The molecule has 2 aromatic rings. The van der Waals surface area contributed by atoms with Gasteiger partial charge < -0.3 is 21.4 Å². The Hall–Kier alpha value is -2.42. The molecule has 14 nitrogen and oxygen atoms in total. The van der Waals surface area contributed by atoms with Crippen molar-refractivity contribution in [3.63, 3.8) is 0 Å². The zero-order valence-electron chi connectivity index (χ0n) is 20.8. The fourth-order valence-corrected chi connectivity index (χ4v) is 9.25. The molecule has 4 heterocycles. The lowest BCUT2D eigenvalue weighted by Gasteiger charge is -2.49. The smallest absolute Gasteiger partial charge is 0.353 e. The Morgan fingerprint density at radius 2 is 2.15 bits per heavy atom. The molecule has 2 aromatic heterocycles. The van der Waals surface area contributed by atoms with Crippen LogP contribution in [0.3, 0.4) is 0 Å². The van der Waals surface area contributed by atoms with Crippen molar-refractivity contribution < 1.29 is 24.7 Å². The van der Waals surface area contributed by atoms with Gasteiger partial charge in [-0.1, -0.05) is 35.3 Å². The molecule has 0 radical (unpaired) electrons. The van der Waals surface area contributed by atoms with E-state index in [-0.39, 0.29) is 22.3 Å². The van der Waals surface area contributed by atoms with Gasteiger partial charge in [0, 0.05) is 16.0 Å². The Kier molecular flexibility index (Phi) is 9.40. The van der Waals surface area contributed by atoms with Gasteiger partial charge >= 0.3 is 5.97 Å². The van der Waals surface area contributed by atoms with Gasteiger partial charge in [-0.3, -0.25) is 25.1 Å². The summed E-state index contributed by atoms with van der Waals surface area (Å²) in [6, 6.07) is -1.01. The van der Waals surface area contributed by atoms with Gasteiger partial charge in [0.1, 0.15) is 32.7 Å². The third kappa shape index (κ3) is 5.61. The standard InChI is InChI=1S/C20H25N9O5S5/c1-4-23-20(22-3,37-5-2)13-18(39-28-26-13)38-9-7-35-16-11(15(31)29(16)12(9)17(32)33)25-14(30)10(27-34)8-6-36-19(21)24-8/h6,11,16,22-23,34H,4-5,7H2,1-3H3,(H2,21,24)(H,25,30)(H,32,33)/b27-10-/t11-,16-,20?/m1/s1. The number of nitrogen functional groups attached to an aromatic ring is 1. The number of aromatic nitrogens is 3. The van der Waals surface area contributed by atoms with Crippen LogP contribution < -0.4 is 21.7 Å². The van der Waals surface area contributed by atoms with Gasteiger partial charge in [-0.25, -0.2) is 9.78 Å². The number of aliphatic carboxylic acids is 1. The molecule has 7 N–H and O–H groups in total. The van der Waals surface area contributed by atoms with E-state index in [0.717, 1.165) is 28.6 Å². The minimum absolute atomic E-state index is 0.0626. The second kappa shape index (κ2) is 12.4. The number of thioether (sulfide) groups is 3. The quantitative estimate of drug-likeness (QED) is 0.0634. The summed E-state index contributed by atoms with van der Waals surface area (Å²) < 4.78 is 4.82. The number of nitrogens with zero attached hydrogens (tertiary/aromatic N) is 5. The molecule has 39 heavy (non-hydrogen) atoms. The van der Waals surface area contributed by atoms with Crippen molar-refractivity contribution >= 4 is 86.8 Å². The highest BCUT2D eigenvalue weighted by molar-refractivity contribution is 8.07. The second-order valence-corrected chi connectivity index (χ2v) is 13.5. The highest BCUT2D eigenvalue weighted by Crippen LogP contribution is 2.48. The predicted molar refractivity (Wildman–Crippen MR) is 153 cm³/mol. The number of nitrogens with two attached hydrogens (primary N) is 1. The molecule has 4 rings (SSSR count). The van der Waals surface area contributed by atoms with E-state index in [0.29, 0.717) is 21.4 Å². The largest absolute Gasteiger partial charge is 0.477 e. The van der Waals surface area contributed by atoms with Crippen LogP contribution in [0, 0.1) is 0 Å². The van der Waals surface area contributed by atoms with Gasteiger partial charge in [-0.05, 0) is 30.9 Å². The van der Waals surface area contributed by atoms with Crippen molar-refractivity contribution in [1.82, 2.24) is 35.4 Å². The summed E-state index contributed by atoms with van der Waals surface area (Å²) in [6.45, 7) is 4.66. The Morgan fingerprint density at radius 1 is 1.38 bits per heavy atom. The molecule has 1 fully saturated rings. The molecule has 210 valence electrons. The number of carbonyl (C=O) groups is 3. The first-order valence-corrected chi connectivity index (χ1v) is 16.0. The summed E-state index contributed by atoms with van der Waals surface area (Å²) in [6.07, 6.45) is 0. The van der Waals surface area contributed by atoms with Crippen LogP contribution in [-0.4, -0.2) is 89.8 Å². The van der Waals surface area contributed by atoms with Gasteiger partial charge in [-0.15, -0.1) is 40.0 Å². The summed E-state index contributed by atoms with van der Waals surface area (Å²) in [7, 11) is 1.81. The highest BCUT2D eigenvalue weighted by atomic mass is 32.2. The van der Waals surface area contributed by atoms with Crippen molar-refractivity contribution in [2.24, 2.45) is 5.16 Å². The van der Waals surface area contributed by atoms with Crippen LogP contribution in [0.25, 0.3) is 0 Å². The minimum atomic E-state index is -1.26. The number of thiazole rings is 1. The molecule has 0 saturated carbocycles. The first-order chi connectivity index (χ1) is 18.7. The molecule has 2 aliphatic heterocycles. The summed E-state index contributed by atoms with van der Waals surface area (Å²) in [5, 5.41) is 37.0. The van der Waals surface area contributed by atoms with Crippen LogP contribution in [0.1, 0.15) is 25.2 Å². The van der Waals surface area contributed by atoms with Crippen LogP contribution in [-0.2, 0) is 19.4 Å². The third-order valence-electron chi connectivity index (χ3n) is 5.65. The Balaban J connectivity index is 1.57. The molecule has 3 atom stereocenters. The van der Waals surface area contributed by atoms with Crippen molar-refractivity contribution in [2.45, 2.75) is 34.5 Å². The van der Waals surface area contributed by atoms with Crippen LogP contribution in [0.5, 0.6) is 0 Å². The molecular weight excluding hydrogens is 607 g/mol. The lowest BCUT2D eigenvalue weighted by molar-refractivity contribution is -0.150. The van der Waals surface area contributed by atoms with Gasteiger partial charge in [0.2, 0.25) is 0 Å². The number of nitrogens with one attached hydrogen (secondary N) is 3. The van der Waals surface area contributed by atoms with Gasteiger partial charge in [0.05, 0.1) is 0 Å². The Bertz CT molecular complexity index is 1320. The first kappa shape index (κ1) is 29.6. The number of fused-ring (bicyclic) bond motifs is 1. The Labute approximate surface area is 243 Å². The van der Waals surface area contributed by atoms with Gasteiger partial charge in [0.25, 0.3) is 11.8 Å². The third-order valence-corrected chi connectivity index (χ3v) is 11.0. The Morgan fingerprint density at radius 3 is 2.74 bits per heavy atom. The summed E-state index contributed by atoms with van der Waals surface area (Å²) in [5.74, 6) is -1.62. The summed E-state index contributed by atoms with van der Waals surface area (Å²) in [5.41, 5.74) is 5.74. The zero-order valence-corrected chi connectivity index (χ0v) is 24.9. The molecule has 0 bridgehead atoms. The number of amides is 2. The van der Waals surface area contributed by atoms with Gasteiger partial charge in [-0.2, -0.15) is 0 Å². The van der Waals surface area contributed by atoms with E-state index < -0.39 is 39.9 Å². The number of carboxylic acid groups (broad SMARTS) is 1. The molecular formula is C20H25N9O5S5. The van der Waals surface area contributed by atoms with E-state index in [4.69, 9.17) is 5.73 Å². The highest BCUT2D eigenvalue weighted by Gasteiger charge is 2.55. The lowest BCUT2D eigenvalue weighted by atomic mass is 10.0. The molecule has 0 aliphatic carbocycles. The zero-order chi connectivity index (χ0) is 28.3. The maximum absolute atomic E-state index is 13.1. The van der Waals surface area contributed by atoms with E-state index in [1.165, 1.54) is 33.8 Å². The fraction of sp³-hybridized carbons (Fsp3) is 0.450.